The molecular weight excluding hydrogens is 1730 g/mol. The largest absolute Gasteiger partial charge is 0.506 e. The fourth-order valence-corrected chi connectivity index (χ4v) is 17.5. The number of benzene rings is 10. The van der Waals surface area contributed by atoms with E-state index in [1.807, 2.05) is 260 Å². The highest BCUT2D eigenvalue weighted by atomic mass is 35.5. The van der Waals surface area contributed by atoms with Gasteiger partial charge in [0.1, 0.15) is 133 Å². The zero-order valence-electron chi connectivity index (χ0n) is 72.5. The molecule has 32 heteroatoms. The zero-order valence-corrected chi connectivity index (χ0v) is 73.3. The first kappa shape index (κ1) is 85.7. The molecule has 0 radical (unpaired) electrons. The number of nitrogens with zero attached hydrogens (tertiary/aromatic N) is 16. The maximum Gasteiger partial charge on any atom is 0.267 e. The molecule has 10 aromatic carbocycles. The smallest absolute Gasteiger partial charge is 0.267 e. The maximum absolute atomic E-state index is 13.3. The predicted molar refractivity (Wildman–Crippen MR) is 514 cm³/mol. The summed E-state index contributed by atoms with van der Waals surface area (Å²) < 4.78 is 49.5. The Balaban J connectivity index is 0.000000112. The molecule has 1 fully saturated rings. The number of aromatic hydroxyl groups is 1. The van der Waals surface area contributed by atoms with Crippen molar-refractivity contribution in [2.75, 3.05) is 89.4 Å². The van der Waals surface area contributed by atoms with Crippen LogP contribution in [0, 0.1) is 0 Å². The minimum atomic E-state index is -0.296. The van der Waals surface area contributed by atoms with Gasteiger partial charge in [-0.25, -0.2) is 39.9 Å². The molecule has 12 heterocycles. The van der Waals surface area contributed by atoms with Crippen molar-refractivity contribution in [3.8, 4) is 69.3 Å². The van der Waals surface area contributed by atoms with E-state index in [0.29, 0.717) is 71.5 Å². The fourth-order valence-electron chi connectivity index (χ4n) is 17.3. The number of rotatable bonds is 16. The van der Waals surface area contributed by atoms with Crippen LogP contribution in [0.1, 0.15) is 78.2 Å². The van der Waals surface area contributed by atoms with E-state index in [9.17, 15) is 24.3 Å². The average molecular weight is 1820 g/mol. The Morgan fingerprint density at radius 3 is 1.01 bits per heavy atom. The molecule has 7 N–H and O–H groups in total. The van der Waals surface area contributed by atoms with Gasteiger partial charge in [-0.3, -0.25) is 19.2 Å². The Morgan fingerprint density at radius 2 is 0.644 bits per heavy atom. The van der Waals surface area contributed by atoms with Gasteiger partial charge in [0.05, 0.1) is 77.1 Å². The highest BCUT2D eigenvalue weighted by molar-refractivity contribution is 6.34. The molecule has 31 nitrogen and oxygen atoms in total. The Kier molecular flexibility index (Phi) is 24.1. The number of nitrogen functional groups attached to an aromatic ring is 3. The monoisotopic (exact) mass is 1820 g/mol. The lowest BCUT2D eigenvalue weighted by Gasteiger charge is -2.21. The molecule has 0 atom stereocenters. The molecule has 0 unspecified atom stereocenters. The van der Waals surface area contributed by atoms with Crippen LogP contribution in [-0.2, 0) is 13.2 Å². The second-order valence-electron chi connectivity index (χ2n) is 32.1. The molecule has 0 spiro atoms. The van der Waals surface area contributed by atoms with Gasteiger partial charge in [-0.2, -0.15) is 0 Å². The topological polar surface area (TPSA) is 367 Å². The van der Waals surface area contributed by atoms with Crippen molar-refractivity contribution in [3.63, 3.8) is 0 Å². The standard InChI is InChI=1S/C28H21ClN4O3.C28H23N5O3.C26H25N5O3.C21H17N5O3/c2*29-26-25-27(31-18-30-26)35-15-14-32(28(25)34)21-10-11-22-20(16-21)12-13-33(22)23-8-4-5-9-24(23)36-17-19-6-2-1-3-7-19;27-24-23-25(29-16-28-24)33-14-13-30(26(23)32)18-9-10-20-17(15-18)11-12-31(20)21-7-3-4-8-22(21)34-19-5-1-2-6-19;22-19-18-20(24-12-23-19)29-10-9-25(21(18)28)14-5-6-15-13(11-14)7-8-26(15)16-3-1-2-4-17(16)27/h1-13,16,18H,14-15,17H2;1-13,16,18H,14-15,17H2,(H2,29,30,31);3-4,7-12,15-16,19H,1-2,5-6,13-14H2,(H2,27,28,29);1-8,11-12,27H,9-10H2,(H2,22,23,24). The summed E-state index contributed by atoms with van der Waals surface area (Å²) in [7, 11) is 0. The first-order valence-corrected chi connectivity index (χ1v) is 44.2. The van der Waals surface area contributed by atoms with Gasteiger partial charge < -0.3 is 93.3 Å². The molecule has 0 saturated heterocycles. The lowest BCUT2D eigenvalue weighted by Crippen LogP contribution is -2.32. The van der Waals surface area contributed by atoms with E-state index in [4.69, 9.17) is 62.0 Å². The van der Waals surface area contributed by atoms with E-state index in [1.54, 1.807) is 31.7 Å². The number of phenolic OH excluding ortho intramolecular Hbond substituents is 1. The Morgan fingerprint density at radius 1 is 0.341 bits per heavy atom. The number of carbonyl (C=O) groups excluding carboxylic acids is 4. The molecule has 672 valence electrons. The lowest BCUT2D eigenvalue weighted by molar-refractivity contribution is 0.0981. The first-order chi connectivity index (χ1) is 66.2. The summed E-state index contributed by atoms with van der Waals surface area (Å²) in [6, 6.07) is 82.9. The van der Waals surface area contributed by atoms with Gasteiger partial charge in [0.2, 0.25) is 23.5 Å². The van der Waals surface area contributed by atoms with Gasteiger partial charge in [0.25, 0.3) is 23.6 Å². The molecule has 1 saturated carbocycles. The SMILES string of the molecule is Nc1ncnc2c1C(=O)N(c1ccc3c(ccn3-c3ccccc3O)c1)CCO2.Nc1ncnc2c1C(=O)N(c1ccc3c(ccn3-c3ccccc3OC3CCCC3)c1)CCO2.Nc1ncnc2c1C(=O)N(c1ccc3c(ccn3-c3ccccc3OCc3ccccc3)c1)CCO2.O=C1c2c(Cl)ncnc2OCCN1c1ccc2c(ccn2-c2ccccc2OCc2ccccc2)c1. The Labute approximate surface area is 777 Å². The quantitative estimate of drug-likeness (QED) is 0.0653. The second-order valence-corrected chi connectivity index (χ2v) is 32.4. The lowest BCUT2D eigenvalue weighted by atomic mass is 10.2. The van der Waals surface area contributed by atoms with Crippen LogP contribution < -0.4 is 70.0 Å². The Hall–Kier alpha value is -17.4. The number of ether oxygens (including phenoxy) is 7. The fraction of sp³-hybridized carbons (Fsp3) is 0.146. The van der Waals surface area contributed by atoms with Crippen molar-refractivity contribution in [3.05, 3.63) is 343 Å². The normalized spacial score (nSPS) is 14.1. The van der Waals surface area contributed by atoms with Crippen LogP contribution in [0.5, 0.6) is 46.5 Å². The van der Waals surface area contributed by atoms with E-state index in [-0.39, 0.29) is 104 Å². The van der Waals surface area contributed by atoms with Gasteiger partial charge in [0.15, 0.2) is 0 Å². The summed E-state index contributed by atoms with van der Waals surface area (Å²) in [5.74, 6) is 2.72. The molecule has 4 amide bonds. The third-order valence-corrected chi connectivity index (χ3v) is 24.2. The highest BCUT2D eigenvalue weighted by Gasteiger charge is 2.35. The van der Waals surface area contributed by atoms with Crippen molar-refractivity contribution in [2.45, 2.75) is 45.0 Å². The molecule has 5 aliphatic rings. The van der Waals surface area contributed by atoms with Crippen molar-refractivity contribution in [1.82, 2.24) is 58.1 Å². The second kappa shape index (κ2) is 38.0. The van der Waals surface area contributed by atoms with Gasteiger partial charge >= 0.3 is 0 Å². The number of nitrogens with two attached hydrogens (primary N) is 3. The minimum absolute atomic E-state index is 0.0799. The summed E-state index contributed by atoms with van der Waals surface area (Å²) in [4.78, 5) is 91.7. The van der Waals surface area contributed by atoms with Crippen LogP contribution in [0.15, 0.2) is 305 Å². The summed E-state index contributed by atoms with van der Waals surface area (Å²) in [6.45, 7) is 3.68. The van der Waals surface area contributed by atoms with Crippen LogP contribution in [0.3, 0.4) is 0 Å². The maximum atomic E-state index is 13.3. The third-order valence-electron chi connectivity index (χ3n) is 23.9. The minimum Gasteiger partial charge on any atom is -0.506 e. The van der Waals surface area contributed by atoms with Crippen LogP contribution in [-0.4, -0.2) is 146 Å². The summed E-state index contributed by atoms with van der Waals surface area (Å²) in [5.41, 5.74) is 31.3. The molecule has 1 aliphatic carbocycles. The van der Waals surface area contributed by atoms with Gasteiger partial charge in [0, 0.05) is 69.1 Å². The number of para-hydroxylation sites is 8. The summed E-state index contributed by atoms with van der Waals surface area (Å²) in [5, 5.41) is 14.2. The average Bonchev–Trinajstić information content (AvgIpc) is 1.66. The summed E-state index contributed by atoms with van der Waals surface area (Å²) >= 11 is 6.21. The van der Waals surface area contributed by atoms with Gasteiger partial charge in [-0.05, 0) is 182 Å². The number of aromatic nitrogens is 12. The molecule has 135 heavy (non-hydrogen) atoms. The van der Waals surface area contributed by atoms with Crippen LogP contribution >= 0.6 is 11.6 Å². The van der Waals surface area contributed by atoms with Crippen molar-refractivity contribution < 1.29 is 57.4 Å². The number of anilines is 7. The number of fused-ring (bicyclic) bond motifs is 8. The van der Waals surface area contributed by atoms with E-state index in [2.05, 4.69) is 65.7 Å². The van der Waals surface area contributed by atoms with E-state index >= 15 is 0 Å². The third kappa shape index (κ3) is 17.5. The molecule has 18 aromatic rings. The van der Waals surface area contributed by atoms with Crippen LogP contribution in [0.2, 0.25) is 5.15 Å². The summed E-state index contributed by atoms with van der Waals surface area (Å²) in [6.07, 6.45) is 18.1. The van der Waals surface area contributed by atoms with Crippen LogP contribution in [0.4, 0.5) is 40.2 Å². The molecule has 4 aliphatic heterocycles. The predicted octanol–water partition coefficient (Wildman–Crippen LogP) is 17.4. The highest BCUT2D eigenvalue weighted by Crippen LogP contribution is 2.41. The van der Waals surface area contributed by atoms with Crippen molar-refractivity contribution in [1.29, 1.82) is 0 Å². The van der Waals surface area contributed by atoms with Gasteiger partial charge in [-0.15, -0.1) is 0 Å². The van der Waals surface area contributed by atoms with Crippen LogP contribution in [0.25, 0.3) is 66.4 Å². The number of halogens is 1. The number of phenols is 1. The zero-order chi connectivity index (χ0) is 92.0. The first-order valence-electron chi connectivity index (χ1n) is 43.8. The molecule has 23 rings (SSSR count). The number of carbonyl (C=O) groups is 4. The molecule has 8 aromatic heterocycles. The van der Waals surface area contributed by atoms with Gasteiger partial charge in [-0.1, -0.05) is 121 Å². The van der Waals surface area contributed by atoms with E-state index in [1.165, 1.54) is 38.2 Å². The molecule has 0 bridgehead atoms. The molecular formula is C103H86ClN19O12. The van der Waals surface area contributed by atoms with Crippen molar-refractivity contribution >= 4 is 119 Å². The van der Waals surface area contributed by atoms with E-state index in [0.717, 1.165) is 125 Å². The number of hydrogen-bond donors (Lipinski definition) is 4. The Bertz CT molecular complexity index is 7280. The number of hydrogen-bond acceptors (Lipinski definition) is 23. The van der Waals surface area contributed by atoms with E-state index < -0.39 is 0 Å². The number of amides is 4. The van der Waals surface area contributed by atoms with Crippen molar-refractivity contribution in [2.24, 2.45) is 0 Å².